The Morgan fingerprint density at radius 2 is 1.94 bits per heavy atom. The lowest BCUT2D eigenvalue weighted by molar-refractivity contribution is -0.137. The number of benzene rings is 1. The van der Waals surface area contributed by atoms with Gasteiger partial charge in [0, 0.05) is 12.8 Å². The second-order valence-electron chi connectivity index (χ2n) is 4.16. The standard InChI is InChI=1S/C13H16F3NO/c14-13(15,16)11-5-3-4-10(8-11)9-12(18)6-1-2-7-17/h3-5,8H,1-2,6-7,9,17H2. The molecular formula is C13H16F3NO. The zero-order valence-electron chi connectivity index (χ0n) is 9.96. The molecule has 0 saturated heterocycles. The highest BCUT2D eigenvalue weighted by Gasteiger charge is 2.30. The van der Waals surface area contributed by atoms with E-state index in [9.17, 15) is 18.0 Å². The van der Waals surface area contributed by atoms with Crippen molar-refractivity contribution in [3.05, 3.63) is 35.4 Å². The van der Waals surface area contributed by atoms with Crippen LogP contribution in [0.1, 0.15) is 30.4 Å². The summed E-state index contributed by atoms with van der Waals surface area (Å²) >= 11 is 0. The summed E-state index contributed by atoms with van der Waals surface area (Å²) in [5, 5.41) is 0. The first kappa shape index (κ1) is 14.7. The molecule has 0 aromatic heterocycles. The minimum absolute atomic E-state index is 0.0501. The number of halogens is 3. The van der Waals surface area contributed by atoms with Gasteiger partial charge >= 0.3 is 6.18 Å². The SMILES string of the molecule is NCCCCC(=O)Cc1cccc(C(F)(F)F)c1. The van der Waals surface area contributed by atoms with E-state index >= 15 is 0 Å². The molecule has 0 bridgehead atoms. The number of ketones is 1. The highest BCUT2D eigenvalue weighted by atomic mass is 19.4. The first-order valence-electron chi connectivity index (χ1n) is 5.81. The van der Waals surface area contributed by atoms with Gasteiger partial charge in [0.05, 0.1) is 5.56 Å². The van der Waals surface area contributed by atoms with Crippen LogP contribution in [0.4, 0.5) is 13.2 Å². The molecule has 100 valence electrons. The highest BCUT2D eigenvalue weighted by molar-refractivity contribution is 5.80. The molecule has 0 aliphatic carbocycles. The fraction of sp³-hybridized carbons (Fsp3) is 0.462. The highest BCUT2D eigenvalue weighted by Crippen LogP contribution is 2.29. The maximum Gasteiger partial charge on any atom is 0.416 e. The summed E-state index contributed by atoms with van der Waals surface area (Å²) in [6.45, 7) is 0.525. The normalized spacial score (nSPS) is 11.6. The van der Waals surface area contributed by atoms with Crippen LogP contribution in [0.3, 0.4) is 0 Å². The van der Waals surface area contributed by atoms with Crippen LogP contribution < -0.4 is 5.73 Å². The van der Waals surface area contributed by atoms with Gasteiger partial charge in [-0.1, -0.05) is 18.2 Å². The number of hydrogen-bond donors (Lipinski definition) is 1. The molecular weight excluding hydrogens is 243 g/mol. The van der Waals surface area contributed by atoms with Crippen molar-refractivity contribution < 1.29 is 18.0 Å². The molecule has 1 aromatic carbocycles. The first-order chi connectivity index (χ1) is 8.43. The number of Topliss-reactive ketones (excluding diaryl/α,β-unsaturated/α-hetero) is 1. The van der Waals surface area contributed by atoms with Crippen LogP contribution in [-0.2, 0) is 17.4 Å². The van der Waals surface area contributed by atoms with Crippen molar-refractivity contribution in [1.29, 1.82) is 0 Å². The van der Waals surface area contributed by atoms with Crippen LogP contribution in [0.5, 0.6) is 0 Å². The van der Waals surface area contributed by atoms with Crippen molar-refractivity contribution in [2.24, 2.45) is 5.73 Å². The van der Waals surface area contributed by atoms with E-state index in [4.69, 9.17) is 5.73 Å². The Balaban J connectivity index is 2.60. The fourth-order valence-corrected chi connectivity index (χ4v) is 1.64. The summed E-state index contributed by atoms with van der Waals surface area (Å²) in [5.41, 5.74) is 4.99. The van der Waals surface area contributed by atoms with E-state index < -0.39 is 11.7 Å². The first-order valence-corrected chi connectivity index (χ1v) is 5.81. The molecule has 0 fully saturated rings. The molecule has 18 heavy (non-hydrogen) atoms. The molecule has 0 heterocycles. The van der Waals surface area contributed by atoms with E-state index in [1.807, 2.05) is 0 Å². The van der Waals surface area contributed by atoms with Crippen LogP contribution in [0.2, 0.25) is 0 Å². The quantitative estimate of drug-likeness (QED) is 0.798. The predicted octanol–water partition coefficient (Wildman–Crippen LogP) is 2.95. The molecule has 0 aliphatic heterocycles. The van der Waals surface area contributed by atoms with Gasteiger partial charge in [-0.3, -0.25) is 4.79 Å². The Hall–Kier alpha value is -1.36. The summed E-state index contributed by atoms with van der Waals surface area (Å²) < 4.78 is 37.4. The van der Waals surface area contributed by atoms with Gasteiger partial charge in [0.25, 0.3) is 0 Å². The van der Waals surface area contributed by atoms with Gasteiger partial charge in [0.1, 0.15) is 5.78 Å². The Morgan fingerprint density at radius 3 is 2.56 bits per heavy atom. The minimum atomic E-state index is -4.36. The molecule has 2 nitrogen and oxygen atoms in total. The second-order valence-corrected chi connectivity index (χ2v) is 4.16. The van der Waals surface area contributed by atoms with Crippen molar-refractivity contribution in [2.45, 2.75) is 31.9 Å². The van der Waals surface area contributed by atoms with Crippen LogP contribution in [0.25, 0.3) is 0 Å². The van der Waals surface area contributed by atoms with Gasteiger partial charge in [-0.25, -0.2) is 0 Å². The van der Waals surface area contributed by atoms with E-state index in [1.165, 1.54) is 12.1 Å². The average molecular weight is 259 g/mol. The average Bonchev–Trinajstić information content (AvgIpc) is 2.28. The number of rotatable bonds is 6. The van der Waals surface area contributed by atoms with Crippen molar-refractivity contribution in [1.82, 2.24) is 0 Å². The molecule has 1 aromatic rings. The maximum absolute atomic E-state index is 12.5. The third-order valence-electron chi connectivity index (χ3n) is 2.57. The summed E-state index contributed by atoms with van der Waals surface area (Å²) in [5.74, 6) is -0.0530. The zero-order valence-corrected chi connectivity index (χ0v) is 9.96. The van der Waals surface area contributed by atoms with Gasteiger partial charge in [0.2, 0.25) is 0 Å². The van der Waals surface area contributed by atoms with Gasteiger partial charge in [0.15, 0.2) is 0 Å². The largest absolute Gasteiger partial charge is 0.416 e. The zero-order chi connectivity index (χ0) is 13.6. The Bertz CT molecular complexity index is 401. The van der Waals surface area contributed by atoms with Crippen LogP contribution in [-0.4, -0.2) is 12.3 Å². The number of hydrogen-bond acceptors (Lipinski definition) is 2. The molecule has 1 rings (SSSR count). The number of alkyl halides is 3. The van der Waals surface area contributed by atoms with E-state index in [0.29, 0.717) is 24.9 Å². The van der Waals surface area contributed by atoms with Gasteiger partial charge in [-0.05, 0) is 31.0 Å². The van der Waals surface area contributed by atoms with Crippen molar-refractivity contribution in [2.75, 3.05) is 6.54 Å². The third kappa shape index (κ3) is 4.87. The fourth-order valence-electron chi connectivity index (χ4n) is 1.64. The smallest absolute Gasteiger partial charge is 0.330 e. The molecule has 0 radical (unpaired) electrons. The molecule has 5 heteroatoms. The number of unbranched alkanes of at least 4 members (excludes halogenated alkanes) is 1. The van der Waals surface area contributed by atoms with Crippen molar-refractivity contribution >= 4 is 5.78 Å². The molecule has 0 spiro atoms. The lowest BCUT2D eigenvalue weighted by Crippen LogP contribution is -2.08. The molecule has 0 amide bonds. The second kappa shape index (κ2) is 6.54. The van der Waals surface area contributed by atoms with Crippen LogP contribution in [0, 0.1) is 0 Å². The summed E-state index contributed by atoms with van der Waals surface area (Å²) in [6.07, 6.45) is -2.50. The molecule has 0 atom stereocenters. The van der Waals surface area contributed by atoms with E-state index in [0.717, 1.165) is 18.6 Å². The molecule has 0 saturated carbocycles. The Labute approximate surface area is 104 Å². The summed E-state index contributed by atoms with van der Waals surface area (Å²) in [4.78, 5) is 11.5. The minimum Gasteiger partial charge on any atom is -0.330 e. The number of carbonyl (C=O) groups excluding carboxylic acids is 1. The summed E-state index contributed by atoms with van der Waals surface area (Å²) in [7, 11) is 0. The topological polar surface area (TPSA) is 43.1 Å². The molecule has 0 unspecified atom stereocenters. The van der Waals surface area contributed by atoms with E-state index in [-0.39, 0.29) is 12.2 Å². The van der Waals surface area contributed by atoms with Gasteiger partial charge in [-0.15, -0.1) is 0 Å². The predicted molar refractivity (Wildman–Crippen MR) is 63.1 cm³/mol. The lowest BCUT2D eigenvalue weighted by Gasteiger charge is -2.08. The maximum atomic E-state index is 12.5. The Kier molecular flexibility index (Phi) is 5.34. The van der Waals surface area contributed by atoms with Gasteiger partial charge < -0.3 is 5.73 Å². The third-order valence-corrected chi connectivity index (χ3v) is 2.57. The number of carbonyl (C=O) groups is 1. The monoisotopic (exact) mass is 259 g/mol. The van der Waals surface area contributed by atoms with Crippen LogP contribution in [0.15, 0.2) is 24.3 Å². The summed E-state index contributed by atoms with van der Waals surface area (Å²) in [6, 6.07) is 4.89. The lowest BCUT2D eigenvalue weighted by atomic mass is 10.0. The van der Waals surface area contributed by atoms with E-state index in [1.54, 1.807) is 0 Å². The van der Waals surface area contributed by atoms with Crippen LogP contribution >= 0.6 is 0 Å². The Morgan fingerprint density at radius 1 is 1.22 bits per heavy atom. The van der Waals surface area contributed by atoms with Gasteiger partial charge in [-0.2, -0.15) is 13.2 Å². The molecule has 0 aliphatic rings. The van der Waals surface area contributed by atoms with E-state index in [2.05, 4.69) is 0 Å². The molecule has 2 N–H and O–H groups in total. The van der Waals surface area contributed by atoms with Crippen molar-refractivity contribution in [3.8, 4) is 0 Å². The van der Waals surface area contributed by atoms with Crippen molar-refractivity contribution in [3.63, 3.8) is 0 Å². The number of nitrogens with two attached hydrogens (primary N) is 1.